The van der Waals surface area contributed by atoms with Crippen molar-refractivity contribution in [3.63, 3.8) is 0 Å². The second kappa shape index (κ2) is 6.29. The number of piperidine rings is 1. The van der Waals surface area contributed by atoms with Gasteiger partial charge in [0.1, 0.15) is 25.3 Å². The predicted molar refractivity (Wildman–Crippen MR) is 87.0 cm³/mol. The van der Waals surface area contributed by atoms with Gasteiger partial charge in [-0.05, 0) is 12.5 Å². The maximum absolute atomic E-state index is 12.0. The fraction of sp³-hybridized carbons (Fsp3) is 0.500. The van der Waals surface area contributed by atoms with Crippen molar-refractivity contribution in [1.29, 1.82) is 0 Å². The molecule has 2 aliphatic rings. The highest BCUT2D eigenvalue weighted by Crippen LogP contribution is 2.29. The van der Waals surface area contributed by atoms with E-state index in [2.05, 4.69) is 21.4 Å². The second-order valence-corrected chi connectivity index (χ2v) is 6.73. The molecule has 0 radical (unpaired) electrons. The Hall–Kier alpha value is -2.32. The molecule has 4 atom stereocenters. The minimum atomic E-state index is -0.612. The molecule has 2 N–H and O–H groups in total. The molecule has 1 saturated heterocycles. The summed E-state index contributed by atoms with van der Waals surface area (Å²) in [5, 5.41) is 21.7. The lowest BCUT2D eigenvalue weighted by Gasteiger charge is -2.40. The van der Waals surface area contributed by atoms with Gasteiger partial charge in [-0.15, -0.1) is 10.2 Å². The third-order valence-electron chi connectivity index (χ3n) is 4.95. The zero-order valence-corrected chi connectivity index (χ0v) is 13.3. The van der Waals surface area contributed by atoms with Crippen LogP contribution in [0.25, 0.3) is 0 Å². The Morgan fingerprint density at radius 2 is 2.21 bits per heavy atom. The molecule has 126 valence electrons. The molecule has 0 aromatic carbocycles. The number of rotatable bonds is 4. The Morgan fingerprint density at radius 1 is 1.38 bits per heavy atom. The standard InChI is InChI=1S/C16H20N6O2/c23-14(5-19-21-10-17-18-11-21)9-20-6-12-4-13(8-20)15-2-1-3-16(24)22(15)7-12/h1-3,5,10-14,23H,4,6-9H2/p+1/b19-5-/t12-,13+,14+/m0/s1. The number of hydrogen-bond donors (Lipinski definition) is 2. The lowest BCUT2D eigenvalue weighted by Crippen LogP contribution is -3.15. The molecule has 8 nitrogen and oxygen atoms in total. The SMILES string of the molecule is O=c1cccc2n1C[C@H]1C[C@@H]2C[NH+](C[C@H](O)/C=N\n2cnnc2)C1. The predicted octanol–water partition coefficient (Wildman–Crippen LogP) is -1.66. The van der Waals surface area contributed by atoms with Gasteiger partial charge in [-0.25, -0.2) is 4.68 Å². The highest BCUT2D eigenvalue weighted by atomic mass is 16.3. The third-order valence-corrected chi connectivity index (χ3v) is 4.95. The van der Waals surface area contributed by atoms with Crippen LogP contribution in [0.2, 0.25) is 0 Å². The summed E-state index contributed by atoms with van der Waals surface area (Å²) in [7, 11) is 0. The van der Waals surface area contributed by atoms with E-state index in [1.165, 1.54) is 28.4 Å². The van der Waals surface area contributed by atoms with Gasteiger partial charge in [0.2, 0.25) is 0 Å². The molecule has 0 spiro atoms. The van der Waals surface area contributed by atoms with Crippen molar-refractivity contribution in [1.82, 2.24) is 19.4 Å². The van der Waals surface area contributed by atoms with Gasteiger partial charge in [-0.1, -0.05) is 6.07 Å². The maximum atomic E-state index is 12.0. The molecule has 4 rings (SSSR count). The Balaban J connectivity index is 1.43. The van der Waals surface area contributed by atoms with Crippen LogP contribution in [0.1, 0.15) is 18.0 Å². The summed E-state index contributed by atoms with van der Waals surface area (Å²) in [4.78, 5) is 13.4. The summed E-state index contributed by atoms with van der Waals surface area (Å²) < 4.78 is 3.39. The van der Waals surface area contributed by atoms with E-state index in [0.717, 1.165) is 31.7 Å². The van der Waals surface area contributed by atoms with E-state index in [4.69, 9.17) is 0 Å². The highest BCUT2D eigenvalue weighted by molar-refractivity contribution is 5.62. The second-order valence-electron chi connectivity index (χ2n) is 6.73. The van der Waals surface area contributed by atoms with Crippen molar-refractivity contribution in [3.05, 3.63) is 46.9 Å². The van der Waals surface area contributed by atoms with Gasteiger partial charge in [0, 0.05) is 30.1 Å². The summed E-state index contributed by atoms with van der Waals surface area (Å²) >= 11 is 0. The highest BCUT2D eigenvalue weighted by Gasteiger charge is 2.37. The van der Waals surface area contributed by atoms with E-state index in [0.29, 0.717) is 18.4 Å². The summed E-state index contributed by atoms with van der Waals surface area (Å²) in [6.07, 6.45) is 5.02. The van der Waals surface area contributed by atoms with Crippen LogP contribution in [-0.2, 0) is 6.54 Å². The van der Waals surface area contributed by atoms with Crippen molar-refractivity contribution >= 4 is 6.21 Å². The number of aliphatic hydroxyl groups excluding tert-OH is 1. The first-order chi connectivity index (χ1) is 11.7. The number of aliphatic hydroxyl groups is 1. The molecular formula is C16H21N6O2+. The van der Waals surface area contributed by atoms with Gasteiger partial charge in [0.15, 0.2) is 0 Å². The quantitative estimate of drug-likeness (QED) is 0.657. The molecule has 0 saturated carbocycles. The van der Waals surface area contributed by atoms with Crippen LogP contribution in [0.5, 0.6) is 0 Å². The van der Waals surface area contributed by atoms with Crippen LogP contribution in [-0.4, -0.2) is 56.5 Å². The summed E-state index contributed by atoms with van der Waals surface area (Å²) in [6.45, 7) is 3.34. The molecule has 2 aromatic heterocycles. The Kier molecular flexibility index (Phi) is 3.99. The fourth-order valence-electron chi connectivity index (χ4n) is 4.04. The molecule has 8 heteroatoms. The topological polar surface area (TPSA) is 89.7 Å². The van der Waals surface area contributed by atoms with E-state index in [9.17, 15) is 9.90 Å². The molecule has 0 aliphatic carbocycles. The lowest BCUT2D eigenvalue weighted by atomic mass is 9.83. The van der Waals surface area contributed by atoms with Crippen LogP contribution in [0.3, 0.4) is 0 Å². The Bertz CT molecular complexity index is 784. The molecule has 1 unspecified atom stereocenters. The largest absolute Gasteiger partial charge is 0.381 e. The molecule has 2 aromatic rings. The van der Waals surface area contributed by atoms with Crippen molar-refractivity contribution in [2.75, 3.05) is 19.6 Å². The van der Waals surface area contributed by atoms with Crippen molar-refractivity contribution in [2.45, 2.75) is 25.0 Å². The van der Waals surface area contributed by atoms with Gasteiger partial charge >= 0.3 is 0 Å². The first-order valence-electron chi connectivity index (χ1n) is 8.29. The minimum Gasteiger partial charge on any atom is -0.381 e. The molecule has 2 aliphatic heterocycles. The van der Waals surface area contributed by atoms with E-state index in [-0.39, 0.29) is 5.56 Å². The van der Waals surface area contributed by atoms with Gasteiger partial charge < -0.3 is 14.6 Å². The Morgan fingerprint density at radius 3 is 3.04 bits per heavy atom. The summed E-state index contributed by atoms with van der Waals surface area (Å²) in [6, 6.07) is 5.55. The summed E-state index contributed by atoms with van der Waals surface area (Å²) in [5.74, 6) is 0.886. The van der Waals surface area contributed by atoms with E-state index in [1.807, 2.05) is 10.6 Å². The van der Waals surface area contributed by atoms with E-state index >= 15 is 0 Å². The Labute approximate surface area is 139 Å². The van der Waals surface area contributed by atoms with Gasteiger partial charge in [0.05, 0.1) is 19.3 Å². The average molecular weight is 329 g/mol. The summed E-state index contributed by atoms with van der Waals surface area (Å²) in [5.41, 5.74) is 1.25. The third kappa shape index (κ3) is 3.02. The van der Waals surface area contributed by atoms with Crippen molar-refractivity contribution < 1.29 is 10.0 Å². The van der Waals surface area contributed by atoms with Crippen LogP contribution in [0.15, 0.2) is 40.7 Å². The number of pyridine rings is 1. The molecule has 1 fully saturated rings. The number of fused-ring (bicyclic) bond motifs is 4. The number of likely N-dealkylation sites (tertiary alicyclic amines) is 1. The van der Waals surface area contributed by atoms with Gasteiger partial charge in [0.25, 0.3) is 5.56 Å². The fourth-order valence-corrected chi connectivity index (χ4v) is 4.04. The smallest absolute Gasteiger partial charge is 0.250 e. The van der Waals surface area contributed by atoms with Gasteiger partial charge in [-0.2, -0.15) is 5.10 Å². The van der Waals surface area contributed by atoms with Crippen molar-refractivity contribution in [2.24, 2.45) is 11.0 Å². The molecular weight excluding hydrogens is 308 g/mol. The van der Waals surface area contributed by atoms with E-state index in [1.54, 1.807) is 6.07 Å². The first kappa shape index (κ1) is 15.2. The lowest BCUT2D eigenvalue weighted by molar-refractivity contribution is -0.912. The molecule has 24 heavy (non-hydrogen) atoms. The average Bonchev–Trinajstić information content (AvgIpc) is 3.07. The zero-order valence-electron chi connectivity index (χ0n) is 13.3. The van der Waals surface area contributed by atoms with Crippen LogP contribution < -0.4 is 10.5 Å². The molecule has 4 heterocycles. The van der Waals surface area contributed by atoms with Gasteiger partial charge in [-0.3, -0.25) is 4.79 Å². The number of nitrogens with zero attached hydrogens (tertiary/aromatic N) is 5. The van der Waals surface area contributed by atoms with E-state index < -0.39 is 6.10 Å². The first-order valence-corrected chi connectivity index (χ1v) is 8.29. The zero-order chi connectivity index (χ0) is 16.5. The van der Waals surface area contributed by atoms with Crippen LogP contribution in [0, 0.1) is 5.92 Å². The maximum Gasteiger partial charge on any atom is 0.250 e. The number of quaternary nitrogens is 1. The molecule has 0 amide bonds. The number of nitrogens with one attached hydrogen (secondary N) is 1. The van der Waals surface area contributed by atoms with Crippen molar-refractivity contribution in [3.8, 4) is 0 Å². The van der Waals surface area contributed by atoms with Crippen LogP contribution in [0.4, 0.5) is 0 Å². The number of aromatic nitrogens is 4. The van der Waals surface area contributed by atoms with Crippen LogP contribution >= 0.6 is 0 Å². The normalized spacial score (nSPS) is 27.1. The monoisotopic (exact) mass is 329 g/mol. The molecule has 2 bridgehead atoms. The minimum absolute atomic E-state index is 0.103. The number of hydrogen-bond acceptors (Lipinski definition) is 5.